The van der Waals surface area contributed by atoms with E-state index >= 15 is 0 Å². The molecule has 0 radical (unpaired) electrons. The van der Waals surface area contributed by atoms with Crippen LogP contribution in [-0.4, -0.2) is 16.5 Å². The molecule has 18 heavy (non-hydrogen) atoms. The van der Waals surface area contributed by atoms with Gasteiger partial charge in [-0.15, -0.1) is 11.8 Å². The largest absolute Gasteiger partial charge is 0.384 e. The Balaban J connectivity index is 1.96. The summed E-state index contributed by atoms with van der Waals surface area (Å²) in [4.78, 5) is 16.6. The lowest BCUT2D eigenvalue weighted by atomic mass is 10.1. The van der Waals surface area contributed by atoms with Crippen LogP contribution in [0.5, 0.6) is 0 Å². The predicted molar refractivity (Wildman–Crippen MR) is 70.1 cm³/mol. The number of hydrogen-bond acceptors (Lipinski definition) is 4. The van der Waals surface area contributed by atoms with Crippen LogP contribution in [0.1, 0.15) is 10.4 Å². The molecule has 0 aliphatic rings. The normalized spacial score (nSPS) is 10.3. The van der Waals surface area contributed by atoms with E-state index in [9.17, 15) is 9.18 Å². The van der Waals surface area contributed by atoms with E-state index in [-0.39, 0.29) is 17.4 Å². The predicted octanol–water partition coefficient (Wildman–Crippen LogP) is 2.78. The van der Waals surface area contributed by atoms with Crippen LogP contribution in [0, 0.1) is 5.82 Å². The fourth-order valence-corrected chi connectivity index (χ4v) is 2.10. The maximum absolute atomic E-state index is 12.7. The maximum atomic E-state index is 12.7. The molecular weight excluding hydrogens is 251 g/mol. The van der Waals surface area contributed by atoms with Crippen LogP contribution in [-0.2, 0) is 0 Å². The molecule has 0 aliphatic heterocycles. The van der Waals surface area contributed by atoms with Gasteiger partial charge in [0, 0.05) is 16.7 Å². The highest BCUT2D eigenvalue weighted by atomic mass is 32.2. The third kappa shape index (κ3) is 3.30. The Morgan fingerprint density at radius 2 is 1.94 bits per heavy atom. The Bertz CT molecular complexity index is 540. The van der Waals surface area contributed by atoms with Crippen LogP contribution < -0.4 is 5.73 Å². The van der Waals surface area contributed by atoms with Gasteiger partial charge in [0.05, 0.1) is 5.75 Å². The first-order valence-electron chi connectivity index (χ1n) is 5.28. The monoisotopic (exact) mass is 262 g/mol. The fraction of sp³-hybridized carbons (Fsp3) is 0.0769. The van der Waals surface area contributed by atoms with Gasteiger partial charge in [-0.1, -0.05) is 0 Å². The lowest BCUT2D eigenvalue weighted by Gasteiger charge is -2.02. The molecule has 2 rings (SSSR count). The first-order chi connectivity index (χ1) is 8.65. The Morgan fingerprint density at radius 3 is 2.56 bits per heavy atom. The number of pyridine rings is 1. The standard InChI is InChI=1S/C13H11FN2OS/c14-10-3-1-9(2-4-10)12(17)8-18-11-5-6-13(15)16-7-11/h1-7H,8H2,(H2,15,16). The fourth-order valence-electron chi connectivity index (χ4n) is 1.35. The zero-order valence-electron chi connectivity index (χ0n) is 9.47. The lowest BCUT2D eigenvalue weighted by Crippen LogP contribution is -2.02. The molecule has 1 aromatic heterocycles. The van der Waals surface area contributed by atoms with E-state index in [1.165, 1.54) is 36.0 Å². The van der Waals surface area contributed by atoms with Crippen molar-refractivity contribution < 1.29 is 9.18 Å². The average Bonchev–Trinajstić information content (AvgIpc) is 2.38. The van der Waals surface area contributed by atoms with Crippen LogP contribution in [0.15, 0.2) is 47.5 Å². The van der Waals surface area contributed by atoms with Gasteiger partial charge in [0.25, 0.3) is 0 Å². The summed E-state index contributed by atoms with van der Waals surface area (Å²) in [6.07, 6.45) is 1.62. The second-order valence-electron chi connectivity index (χ2n) is 3.64. The maximum Gasteiger partial charge on any atom is 0.173 e. The third-order valence-corrected chi connectivity index (χ3v) is 3.28. The topological polar surface area (TPSA) is 56.0 Å². The van der Waals surface area contributed by atoms with Gasteiger partial charge in [-0.2, -0.15) is 0 Å². The highest BCUT2D eigenvalue weighted by molar-refractivity contribution is 8.00. The Hall–Kier alpha value is -1.88. The second kappa shape index (κ2) is 5.64. The second-order valence-corrected chi connectivity index (χ2v) is 4.69. The SMILES string of the molecule is Nc1ccc(SCC(=O)c2ccc(F)cc2)cn1. The van der Waals surface area contributed by atoms with Gasteiger partial charge >= 0.3 is 0 Å². The molecule has 2 N–H and O–H groups in total. The van der Waals surface area contributed by atoms with Crippen molar-refractivity contribution in [1.82, 2.24) is 4.98 Å². The van der Waals surface area contributed by atoms with Gasteiger partial charge in [0.1, 0.15) is 11.6 Å². The number of anilines is 1. The zero-order chi connectivity index (χ0) is 13.0. The molecule has 0 aliphatic carbocycles. The quantitative estimate of drug-likeness (QED) is 0.680. The van der Waals surface area contributed by atoms with E-state index in [1.54, 1.807) is 12.3 Å². The molecule has 92 valence electrons. The highest BCUT2D eigenvalue weighted by Crippen LogP contribution is 2.19. The molecule has 3 nitrogen and oxygen atoms in total. The number of nitrogen functional groups attached to an aromatic ring is 1. The molecule has 0 fully saturated rings. The van der Waals surface area contributed by atoms with Gasteiger partial charge in [-0.05, 0) is 36.4 Å². The number of carbonyl (C=O) groups excluding carboxylic acids is 1. The van der Waals surface area contributed by atoms with Gasteiger partial charge in [-0.25, -0.2) is 9.37 Å². The molecule has 1 heterocycles. The summed E-state index contributed by atoms with van der Waals surface area (Å²) in [6, 6.07) is 9.03. The van der Waals surface area contributed by atoms with Crippen molar-refractivity contribution in [2.24, 2.45) is 0 Å². The zero-order valence-corrected chi connectivity index (χ0v) is 10.3. The number of ketones is 1. The van der Waals surface area contributed by atoms with E-state index in [0.29, 0.717) is 11.4 Å². The number of hydrogen-bond donors (Lipinski definition) is 1. The molecule has 0 atom stereocenters. The Morgan fingerprint density at radius 1 is 1.22 bits per heavy atom. The first kappa shape index (κ1) is 12.6. The van der Waals surface area contributed by atoms with Crippen molar-refractivity contribution in [3.63, 3.8) is 0 Å². The van der Waals surface area contributed by atoms with Crippen molar-refractivity contribution in [3.05, 3.63) is 54.0 Å². The number of nitrogens with two attached hydrogens (primary N) is 1. The van der Waals surface area contributed by atoms with E-state index in [2.05, 4.69) is 4.98 Å². The minimum absolute atomic E-state index is 0.0446. The number of aromatic nitrogens is 1. The van der Waals surface area contributed by atoms with Crippen molar-refractivity contribution in [2.45, 2.75) is 4.90 Å². The lowest BCUT2D eigenvalue weighted by molar-refractivity contribution is 0.102. The summed E-state index contributed by atoms with van der Waals surface area (Å²) in [5.74, 6) is 0.347. The van der Waals surface area contributed by atoms with Crippen molar-refractivity contribution >= 4 is 23.4 Å². The molecule has 0 spiro atoms. The number of rotatable bonds is 4. The summed E-state index contributed by atoms with van der Waals surface area (Å²) in [5, 5.41) is 0. The van der Waals surface area contributed by atoms with Crippen LogP contribution in [0.2, 0.25) is 0 Å². The van der Waals surface area contributed by atoms with E-state index in [1.807, 2.05) is 6.07 Å². The minimum atomic E-state index is -0.345. The summed E-state index contributed by atoms with van der Waals surface area (Å²) < 4.78 is 12.7. The first-order valence-corrected chi connectivity index (χ1v) is 6.27. The van der Waals surface area contributed by atoms with Gasteiger partial charge in [0.2, 0.25) is 0 Å². The minimum Gasteiger partial charge on any atom is -0.384 e. The molecular formula is C13H11FN2OS. The van der Waals surface area contributed by atoms with Gasteiger partial charge < -0.3 is 5.73 Å². The number of thioether (sulfide) groups is 1. The van der Waals surface area contributed by atoms with E-state index in [4.69, 9.17) is 5.73 Å². The smallest absolute Gasteiger partial charge is 0.173 e. The Labute approximate surface area is 108 Å². The number of halogens is 1. The van der Waals surface area contributed by atoms with Crippen LogP contribution >= 0.6 is 11.8 Å². The van der Waals surface area contributed by atoms with Crippen LogP contribution in [0.3, 0.4) is 0 Å². The van der Waals surface area contributed by atoms with E-state index in [0.717, 1.165) is 4.90 Å². The molecule has 0 saturated heterocycles. The van der Waals surface area contributed by atoms with Gasteiger partial charge in [-0.3, -0.25) is 4.79 Å². The molecule has 0 bridgehead atoms. The molecule has 0 saturated carbocycles. The van der Waals surface area contributed by atoms with Gasteiger partial charge in [0.15, 0.2) is 5.78 Å². The number of Topliss-reactive ketones (excluding diaryl/α,β-unsaturated/α-hetero) is 1. The number of benzene rings is 1. The van der Waals surface area contributed by atoms with Crippen LogP contribution in [0.4, 0.5) is 10.2 Å². The summed E-state index contributed by atoms with van der Waals surface area (Å²) in [6.45, 7) is 0. The summed E-state index contributed by atoms with van der Waals surface area (Å²) in [7, 11) is 0. The molecule has 0 unspecified atom stereocenters. The molecule has 0 amide bonds. The summed E-state index contributed by atoms with van der Waals surface area (Å²) in [5.41, 5.74) is 5.97. The third-order valence-electron chi connectivity index (χ3n) is 2.30. The summed E-state index contributed by atoms with van der Waals surface area (Å²) >= 11 is 1.37. The van der Waals surface area contributed by atoms with Crippen molar-refractivity contribution in [1.29, 1.82) is 0 Å². The number of nitrogens with zero attached hydrogens (tertiary/aromatic N) is 1. The Kier molecular flexibility index (Phi) is 3.94. The average molecular weight is 262 g/mol. The molecule has 5 heteroatoms. The molecule has 1 aromatic carbocycles. The highest BCUT2D eigenvalue weighted by Gasteiger charge is 2.06. The number of carbonyl (C=O) groups is 1. The van der Waals surface area contributed by atoms with Crippen molar-refractivity contribution in [2.75, 3.05) is 11.5 Å². The van der Waals surface area contributed by atoms with Crippen molar-refractivity contribution in [3.8, 4) is 0 Å². The van der Waals surface area contributed by atoms with E-state index < -0.39 is 0 Å². The molecule has 2 aromatic rings. The van der Waals surface area contributed by atoms with Crippen LogP contribution in [0.25, 0.3) is 0 Å².